The fourth-order valence-corrected chi connectivity index (χ4v) is 1.44. The Morgan fingerprint density at radius 2 is 2.57 bits per heavy atom. The molecule has 0 aromatic carbocycles. The highest BCUT2D eigenvalue weighted by molar-refractivity contribution is 5.31. The molecule has 1 aliphatic rings. The van der Waals surface area contributed by atoms with E-state index in [1.54, 1.807) is 18.3 Å². The number of hydrogen-bond donors (Lipinski definition) is 1. The summed E-state index contributed by atoms with van der Waals surface area (Å²) in [7, 11) is 0. The Labute approximate surface area is 82.5 Å². The quantitative estimate of drug-likeness (QED) is 0.743. The molecule has 4 nitrogen and oxygen atoms in total. The van der Waals surface area contributed by atoms with Crippen LogP contribution in [-0.2, 0) is 0 Å². The van der Waals surface area contributed by atoms with Gasteiger partial charge in [-0.1, -0.05) is 0 Å². The molecule has 14 heavy (non-hydrogen) atoms. The molecule has 0 radical (unpaired) electrons. The van der Waals surface area contributed by atoms with E-state index in [4.69, 9.17) is 10.00 Å². The number of nitriles is 1. The topological polar surface area (TPSA) is 57.9 Å². The Balaban J connectivity index is 2.05. The number of hydrogen-bond acceptors (Lipinski definition) is 4. The van der Waals surface area contributed by atoms with E-state index in [9.17, 15) is 0 Å². The van der Waals surface area contributed by atoms with Crippen molar-refractivity contribution >= 4 is 0 Å². The lowest BCUT2D eigenvalue weighted by molar-refractivity contribution is 0.214. The predicted molar refractivity (Wildman–Crippen MR) is 50.9 cm³/mol. The van der Waals surface area contributed by atoms with Crippen molar-refractivity contribution in [3.63, 3.8) is 0 Å². The summed E-state index contributed by atoms with van der Waals surface area (Å²) in [6.07, 6.45) is 2.78. The molecule has 1 unspecified atom stereocenters. The first-order valence-corrected chi connectivity index (χ1v) is 4.62. The van der Waals surface area contributed by atoms with Crippen LogP contribution in [0.1, 0.15) is 12.0 Å². The van der Waals surface area contributed by atoms with Crippen molar-refractivity contribution in [1.29, 1.82) is 5.26 Å². The summed E-state index contributed by atoms with van der Waals surface area (Å²) < 4.78 is 5.59. The smallest absolute Gasteiger partial charge is 0.214 e. The minimum absolute atomic E-state index is 0.191. The fraction of sp³-hybridized carbons (Fsp3) is 0.400. The van der Waals surface area contributed by atoms with E-state index in [2.05, 4.69) is 16.4 Å². The first-order chi connectivity index (χ1) is 6.88. The Kier molecular flexibility index (Phi) is 2.61. The van der Waals surface area contributed by atoms with Gasteiger partial charge in [0, 0.05) is 18.8 Å². The first kappa shape index (κ1) is 8.97. The normalized spacial score (nSPS) is 20.4. The van der Waals surface area contributed by atoms with Gasteiger partial charge in [0.25, 0.3) is 0 Å². The molecular formula is C10H11N3O. The van der Waals surface area contributed by atoms with Crippen molar-refractivity contribution in [2.24, 2.45) is 0 Å². The van der Waals surface area contributed by atoms with Crippen molar-refractivity contribution in [2.75, 3.05) is 13.1 Å². The van der Waals surface area contributed by atoms with Crippen molar-refractivity contribution < 1.29 is 4.74 Å². The SMILES string of the molecule is N#Cc1ccnc(OC2CCNC2)c1. The lowest BCUT2D eigenvalue weighted by atomic mass is 10.3. The molecule has 1 atom stereocenters. The molecule has 0 aliphatic carbocycles. The molecule has 1 aliphatic heterocycles. The highest BCUT2D eigenvalue weighted by Gasteiger charge is 2.16. The molecule has 0 saturated carbocycles. The summed E-state index contributed by atoms with van der Waals surface area (Å²) in [5.74, 6) is 0.540. The van der Waals surface area contributed by atoms with Crippen LogP contribution < -0.4 is 10.1 Å². The van der Waals surface area contributed by atoms with Gasteiger partial charge in [-0.2, -0.15) is 5.26 Å². The zero-order valence-corrected chi connectivity index (χ0v) is 7.73. The van der Waals surface area contributed by atoms with Crippen LogP contribution in [0.3, 0.4) is 0 Å². The molecule has 0 bridgehead atoms. The molecule has 1 saturated heterocycles. The lowest BCUT2D eigenvalue weighted by Crippen LogP contribution is -2.20. The second-order valence-electron chi connectivity index (χ2n) is 3.23. The molecule has 2 heterocycles. The Hall–Kier alpha value is -1.60. The van der Waals surface area contributed by atoms with Crippen LogP contribution >= 0.6 is 0 Å². The van der Waals surface area contributed by atoms with E-state index in [-0.39, 0.29) is 6.10 Å². The minimum atomic E-state index is 0.191. The van der Waals surface area contributed by atoms with Crippen LogP contribution in [0.25, 0.3) is 0 Å². The molecule has 0 amide bonds. The Morgan fingerprint density at radius 1 is 1.64 bits per heavy atom. The highest BCUT2D eigenvalue weighted by Crippen LogP contribution is 2.12. The maximum atomic E-state index is 8.68. The molecule has 1 fully saturated rings. The molecular weight excluding hydrogens is 178 g/mol. The number of aromatic nitrogens is 1. The Bertz CT molecular complexity index is 353. The number of nitrogens with one attached hydrogen (secondary N) is 1. The third-order valence-electron chi connectivity index (χ3n) is 2.17. The molecule has 1 N–H and O–H groups in total. The summed E-state index contributed by atoms with van der Waals surface area (Å²) in [5, 5.41) is 11.9. The second-order valence-corrected chi connectivity index (χ2v) is 3.23. The van der Waals surface area contributed by atoms with Gasteiger partial charge in [0.05, 0.1) is 11.6 Å². The van der Waals surface area contributed by atoms with Crippen LogP contribution in [-0.4, -0.2) is 24.2 Å². The van der Waals surface area contributed by atoms with Crippen LogP contribution in [0.4, 0.5) is 0 Å². The highest BCUT2D eigenvalue weighted by atomic mass is 16.5. The van der Waals surface area contributed by atoms with Gasteiger partial charge in [-0.15, -0.1) is 0 Å². The summed E-state index contributed by atoms with van der Waals surface area (Å²) in [5.41, 5.74) is 0.584. The van der Waals surface area contributed by atoms with Gasteiger partial charge in [0.15, 0.2) is 0 Å². The van der Waals surface area contributed by atoms with E-state index in [1.165, 1.54) is 0 Å². The zero-order valence-electron chi connectivity index (χ0n) is 7.73. The van der Waals surface area contributed by atoms with Crippen molar-refractivity contribution in [3.05, 3.63) is 23.9 Å². The molecule has 0 spiro atoms. The van der Waals surface area contributed by atoms with Crippen molar-refractivity contribution in [2.45, 2.75) is 12.5 Å². The van der Waals surface area contributed by atoms with Gasteiger partial charge >= 0.3 is 0 Å². The summed E-state index contributed by atoms with van der Waals surface area (Å²) in [6, 6.07) is 5.39. The van der Waals surface area contributed by atoms with E-state index in [0.717, 1.165) is 19.5 Å². The fourth-order valence-electron chi connectivity index (χ4n) is 1.44. The zero-order chi connectivity index (χ0) is 9.80. The van der Waals surface area contributed by atoms with Gasteiger partial charge in [-0.05, 0) is 19.0 Å². The largest absolute Gasteiger partial charge is 0.473 e. The van der Waals surface area contributed by atoms with Crippen molar-refractivity contribution in [1.82, 2.24) is 10.3 Å². The second kappa shape index (κ2) is 4.07. The molecule has 72 valence electrons. The maximum absolute atomic E-state index is 8.68. The van der Waals surface area contributed by atoms with Gasteiger partial charge in [-0.3, -0.25) is 0 Å². The summed E-state index contributed by atoms with van der Waals surface area (Å²) in [6.45, 7) is 1.85. The van der Waals surface area contributed by atoms with E-state index in [1.807, 2.05) is 0 Å². The van der Waals surface area contributed by atoms with Gasteiger partial charge in [0.2, 0.25) is 5.88 Å². The number of rotatable bonds is 2. The molecule has 2 rings (SSSR count). The van der Waals surface area contributed by atoms with E-state index in [0.29, 0.717) is 11.4 Å². The summed E-state index contributed by atoms with van der Waals surface area (Å²) >= 11 is 0. The van der Waals surface area contributed by atoms with Crippen LogP contribution in [0.15, 0.2) is 18.3 Å². The maximum Gasteiger partial charge on any atom is 0.214 e. The molecule has 1 aromatic heterocycles. The van der Waals surface area contributed by atoms with Crippen LogP contribution in [0.2, 0.25) is 0 Å². The minimum Gasteiger partial charge on any atom is -0.473 e. The summed E-state index contributed by atoms with van der Waals surface area (Å²) in [4.78, 5) is 4.05. The Morgan fingerprint density at radius 3 is 3.29 bits per heavy atom. The van der Waals surface area contributed by atoms with Crippen LogP contribution in [0, 0.1) is 11.3 Å². The van der Waals surface area contributed by atoms with Gasteiger partial charge in [0.1, 0.15) is 6.10 Å². The van der Waals surface area contributed by atoms with E-state index < -0.39 is 0 Å². The van der Waals surface area contributed by atoms with Gasteiger partial charge in [-0.25, -0.2) is 4.98 Å². The average Bonchev–Trinajstić information content (AvgIpc) is 2.71. The first-order valence-electron chi connectivity index (χ1n) is 4.62. The average molecular weight is 189 g/mol. The lowest BCUT2D eigenvalue weighted by Gasteiger charge is -2.10. The standard InChI is InChI=1S/C10H11N3O/c11-6-8-1-4-13-10(5-8)14-9-2-3-12-7-9/h1,4-5,9,12H,2-3,7H2. The third-order valence-corrected chi connectivity index (χ3v) is 2.17. The predicted octanol–water partition coefficient (Wildman–Crippen LogP) is 0.694. The van der Waals surface area contributed by atoms with Gasteiger partial charge < -0.3 is 10.1 Å². The molecule has 4 heteroatoms. The number of nitrogens with zero attached hydrogens (tertiary/aromatic N) is 2. The van der Waals surface area contributed by atoms with Crippen molar-refractivity contribution in [3.8, 4) is 11.9 Å². The molecule has 1 aromatic rings. The van der Waals surface area contributed by atoms with Crippen LogP contribution in [0.5, 0.6) is 5.88 Å². The van der Waals surface area contributed by atoms with E-state index >= 15 is 0 Å². The third kappa shape index (κ3) is 2.01. The number of pyridine rings is 1. The number of ether oxygens (including phenoxy) is 1. The monoisotopic (exact) mass is 189 g/mol.